The summed E-state index contributed by atoms with van der Waals surface area (Å²) < 4.78 is 9.56. The van der Waals surface area contributed by atoms with E-state index in [1.54, 1.807) is 12.5 Å². The van der Waals surface area contributed by atoms with Crippen LogP contribution in [0.3, 0.4) is 0 Å². The first-order valence-electron chi connectivity index (χ1n) is 4.51. The van der Waals surface area contributed by atoms with Crippen LogP contribution in [0.1, 0.15) is 13.8 Å². The fourth-order valence-electron chi connectivity index (χ4n) is 0.0577. The molecule has 0 heterocycles. The zero-order chi connectivity index (χ0) is 15.7. The number of aliphatic carboxylic acids is 2. The second-order valence-corrected chi connectivity index (χ2v) is 4.23. The molecule has 112 valence electrons. The molecule has 0 spiro atoms. The van der Waals surface area contributed by atoms with Crippen molar-refractivity contribution < 1.29 is 39.7 Å². The van der Waals surface area contributed by atoms with Crippen LogP contribution in [-0.2, 0) is 20.8 Å². The predicted octanol–water partition coefficient (Wildman–Crippen LogP) is -4.54. The molecule has 0 radical (unpaired) electrons. The van der Waals surface area contributed by atoms with Crippen molar-refractivity contribution in [3.8, 4) is 0 Å². The van der Waals surface area contributed by atoms with Crippen molar-refractivity contribution in [3.63, 3.8) is 0 Å². The van der Waals surface area contributed by atoms with Gasteiger partial charge < -0.3 is 39.7 Å². The van der Waals surface area contributed by atoms with Gasteiger partial charge in [0.05, 0.1) is 25.7 Å². The van der Waals surface area contributed by atoms with Crippen LogP contribution in [0.5, 0.6) is 0 Å². The second kappa shape index (κ2) is 26.5. The zero-order valence-corrected chi connectivity index (χ0v) is 13.7. The maximum absolute atomic E-state index is 9.56. The van der Waals surface area contributed by atoms with Crippen LogP contribution in [0.25, 0.3) is 0 Å². The molecule has 0 aliphatic carbocycles. The molecular weight excluding hydrogens is 292 g/mol. The molecule has 0 aromatic carbocycles. The number of carboxylic acid groups (broad SMARTS) is 2. The summed E-state index contributed by atoms with van der Waals surface area (Å²) in [5.74, 6) is -2.17. The molecule has 0 aromatic rings. The minimum atomic E-state index is -1.08. The third-order valence-corrected chi connectivity index (χ3v) is 0.421. The number of hydrogen-bond donors (Lipinski definition) is 3. The van der Waals surface area contributed by atoms with E-state index in [0.29, 0.717) is 0 Å². The maximum atomic E-state index is 9.56. The smallest absolute Gasteiger partial charge is 0.617 e. The molecule has 0 rings (SSSR count). The van der Waals surface area contributed by atoms with Gasteiger partial charge in [0.25, 0.3) is 0 Å². The number of rotatable bonds is 2. The van der Waals surface area contributed by atoms with E-state index in [-0.39, 0.29) is 36.3 Å². The van der Waals surface area contributed by atoms with Crippen LogP contribution in [0.2, 0.25) is 0 Å². The summed E-state index contributed by atoms with van der Waals surface area (Å²) >= 11 is -0.611. The molecule has 0 saturated heterocycles. The van der Waals surface area contributed by atoms with E-state index in [9.17, 15) is 4.55 Å². The molecule has 0 atom stereocenters. The summed E-state index contributed by atoms with van der Waals surface area (Å²) in [6.45, 7) is 1.22. The average Bonchev–Trinajstić information content (AvgIpc) is 2.13. The Labute approximate surface area is 131 Å². The van der Waals surface area contributed by atoms with Gasteiger partial charge in [-0.05, 0) is 13.8 Å². The zero-order valence-electron chi connectivity index (χ0n) is 11.5. The summed E-state index contributed by atoms with van der Waals surface area (Å²) in [4.78, 5) is 17.8. The first-order valence-corrected chi connectivity index (χ1v) is 6.47. The Hall–Kier alpha value is -0.104. The topological polar surface area (TPSA) is 164 Å². The van der Waals surface area contributed by atoms with Gasteiger partial charge >= 0.3 is 23.1 Å². The Bertz CT molecular complexity index is 164. The van der Waals surface area contributed by atoms with E-state index in [0.717, 1.165) is 13.8 Å². The van der Waals surface area contributed by atoms with Gasteiger partial charge in [0, 0.05) is 11.9 Å². The summed E-state index contributed by atoms with van der Waals surface area (Å²) in [7, 11) is 0. The predicted molar refractivity (Wildman–Crippen MR) is 67.3 cm³/mol. The standard InChI is InChI=1S/C3H8O3.2C2H4O2.C2H6OS.Mg/c4-1-3(6)2-5;2*1-2(3)4;1-4(2)3;/h3-6H,1-2H2;2*1H3,(H,3,4);1-2H3;/q;;;;+2/p-2. The van der Waals surface area contributed by atoms with Crippen molar-refractivity contribution in [3.05, 3.63) is 0 Å². The van der Waals surface area contributed by atoms with Gasteiger partial charge in [0.2, 0.25) is 0 Å². The van der Waals surface area contributed by atoms with E-state index in [1.807, 2.05) is 0 Å². The van der Waals surface area contributed by atoms with Crippen LogP contribution >= 0.6 is 0 Å². The van der Waals surface area contributed by atoms with Gasteiger partial charge in [-0.1, -0.05) is 11.2 Å². The van der Waals surface area contributed by atoms with Gasteiger partial charge in [0.1, 0.15) is 6.10 Å². The summed E-state index contributed by atoms with van der Waals surface area (Å²) in [6, 6.07) is 0. The Morgan fingerprint density at radius 1 is 1.05 bits per heavy atom. The number of carboxylic acids is 2. The normalized spacial score (nSPS) is 7.68. The number of carbonyl (C=O) groups excluding carboxylic acids is 2. The van der Waals surface area contributed by atoms with Gasteiger partial charge in [-0.15, -0.1) is 0 Å². The van der Waals surface area contributed by atoms with Crippen molar-refractivity contribution in [1.29, 1.82) is 0 Å². The van der Waals surface area contributed by atoms with E-state index >= 15 is 0 Å². The number of carbonyl (C=O) groups is 2. The van der Waals surface area contributed by atoms with Crippen LogP contribution < -0.4 is 10.2 Å². The molecule has 8 nitrogen and oxygen atoms in total. The molecule has 3 N–H and O–H groups in total. The number of aliphatic hydroxyl groups is 3. The molecule has 0 amide bonds. The Balaban J connectivity index is -0.0000000459. The molecule has 0 unspecified atom stereocenters. The van der Waals surface area contributed by atoms with E-state index in [1.165, 1.54) is 0 Å². The first-order chi connectivity index (χ1) is 8.00. The monoisotopic (exact) mass is 312 g/mol. The molecule has 0 aliphatic heterocycles. The van der Waals surface area contributed by atoms with Crippen LogP contribution in [0.4, 0.5) is 0 Å². The fourth-order valence-corrected chi connectivity index (χ4v) is 0.0577. The van der Waals surface area contributed by atoms with Crippen molar-refractivity contribution in [2.24, 2.45) is 0 Å². The summed E-state index contributed by atoms with van der Waals surface area (Å²) in [6.07, 6.45) is 2.32. The third-order valence-electron chi connectivity index (χ3n) is 0.421. The largest absolute Gasteiger partial charge is 2.00 e. The van der Waals surface area contributed by atoms with Crippen molar-refractivity contribution in [1.82, 2.24) is 0 Å². The molecule has 19 heavy (non-hydrogen) atoms. The van der Waals surface area contributed by atoms with E-state index in [4.69, 9.17) is 35.1 Å². The van der Waals surface area contributed by atoms with Gasteiger partial charge in [-0.3, -0.25) is 0 Å². The number of hydrogen-bond acceptors (Lipinski definition) is 8. The average molecular weight is 313 g/mol. The van der Waals surface area contributed by atoms with Crippen LogP contribution in [0.15, 0.2) is 0 Å². The molecule has 0 saturated carbocycles. The first kappa shape index (κ1) is 31.3. The minimum Gasteiger partial charge on any atom is -0.617 e. The maximum Gasteiger partial charge on any atom is 2.00 e. The molecule has 0 aromatic heterocycles. The SMILES string of the molecule is CC(=O)[O-].CC(=O)[O-].C[S+](C)[O-].OCC(O)CO.[Mg+2]. The van der Waals surface area contributed by atoms with Gasteiger partial charge in [-0.2, -0.15) is 0 Å². The minimum absolute atomic E-state index is 0. The van der Waals surface area contributed by atoms with Crippen molar-refractivity contribution in [2.75, 3.05) is 25.7 Å². The van der Waals surface area contributed by atoms with E-state index in [2.05, 4.69) is 0 Å². The van der Waals surface area contributed by atoms with Crippen molar-refractivity contribution in [2.45, 2.75) is 20.0 Å². The third kappa shape index (κ3) is 298. The van der Waals surface area contributed by atoms with Crippen LogP contribution in [0, 0.1) is 0 Å². The number of aliphatic hydroxyl groups excluding tert-OH is 3. The van der Waals surface area contributed by atoms with E-state index < -0.39 is 29.2 Å². The molecule has 10 heteroatoms. The Morgan fingerprint density at radius 3 is 1.16 bits per heavy atom. The van der Waals surface area contributed by atoms with Crippen LogP contribution in [-0.4, -0.2) is 86.7 Å². The Morgan fingerprint density at radius 2 is 1.16 bits per heavy atom. The molecule has 0 aliphatic rings. The molecule has 0 fully saturated rings. The quantitative estimate of drug-likeness (QED) is 0.339. The molecule has 0 bridgehead atoms. The summed E-state index contributed by atoms with van der Waals surface area (Å²) in [5, 5.41) is 41.8. The summed E-state index contributed by atoms with van der Waals surface area (Å²) in [5.41, 5.74) is 0. The fraction of sp³-hybridized carbons (Fsp3) is 0.778. The molecular formula is C9H20MgO8S. The van der Waals surface area contributed by atoms with Gasteiger partial charge in [0.15, 0.2) is 0 Å². The van der Waals surface area contributed by atoms with Gasteiger partial charge in [-0.25, -0.2) is 0 Å². The Kier molecular flexibility index (Phi) is 43.6. The van der Waals surface area contributed by atoms with Crippen molar-refractivity contribution >= 4 is 46.2 Å². The second-order valence-electron chi connectivity index (χ2n) is 2.74.